The average Bonchev–Trinajstić information content (AvgIpc) is 2.60. The molecule has 3 aliphatic rings. The van der Waals surface area contributed by atoms with Crippen molar-refractivity contribution in [2.45, 2.75) is 31.6 Å². The van der Waals surface area contributed by atoms with E-state index < -0.39 is 0 Å². The highest BCUT2D eigenvalue weighted by atomic mass is 35.5. The van der Waals surface area contributed by atoms with Crippen molar-refractivity contribution in [3.05, 3.63) is 60.1 Å². The van der Waals surface area contributed by atoms with Crippen molar-refractivity contribution in [3.8, 4) is 0 Å². The van der Waals surface area contributed by atoms with Gasteiger partial charge in [-0.05, 0) is 48.8 Å². The summed E-state index contributed by atoms with van der Waals surface area (Å²) in [5.74, 6) is 2.35. The van der Waals surface area contributed by atoms with Gasteiger partial charge in [-0.15, -0.1) is 23.5 Å². The van der Waals surface area contributed by atoms with Gasteiger partial charge in [-0.2, -0.15) is 0 Å². The Morgan fingerprint density at radius 2 is 1.75 bits per heavy atom. The van der Waals surface area contributed by atoms with Gasteiger partial charge in [-0.3, -0.25) is 10.1 Å². The van der Waals surface area contributed by atoms with Gasteiger partial charge in [0.25, 0.3) is 5.69 Å². The Bertz CT molecular complexity index is 744. The van der Waals surface area contributed by atoms with Crippen LogP contribution in [0.1, 0.15) is 37.2 Å². The number of nitrogens with one attached hydrogen (secondary N) is 1. The maximum absolute atomic E-state index is 11.3. The molecule has 4 rings (SSSR count). The molecule has 0 saturated heterocycles. The number of halogens is 1. The predicted octanol–water partition coefficient (Wildman–Crippen LogP) is 5.41. The van der Waals surface area contributed by atoms with Gasteiger partial charge in [-0.25, -0.2) is 0 Å². The van der Waals surface area contributed by atoms with Crippen molar-refractivity contribution in [1.82, 2.24) is 5.32 Å². The van der Waals surface area contributed by atoms with Crippen LogP contribution in [0.2, 0.25) is 5.02 Å². The topological polar surface area (TPSA) is 55.2 Å². The molecule has 0 aromatic heterocycles. The summed E-state index contributed by atoms with van der Waals surface area (Å²) in [4.78, 5) is 13.6. The van der Waals surface area contributed by atoms with Gasteiger partial charge < -0.3 is 5.32 Å². The fraction of sp³-hybridized carbons (Fsp3) is 0.412. The number of benzene rings is 1. The first-order chi connectivity index (χ1) is 11.6. The molecule has 24 heavy (non-hydrogen) atoms. The second kappa shape index (κ2) is 6.65. The second-order valence-corrected chi connectivity index (χ2v) is 8.80. The zero-order chi connectivity index (χ0) is 16.7. The highest BCUT2D eigenvalue weighted by Gasteiger charge is 2.35. The molecular weight excluding hydrogens is 364 g/mol. The lowest BCUT2D eigenvalue weighted by Crippen LogP contribution is -2.28. The Labute approximate surface area is 154 Å². The van der Waals surface area contributed by atoms with E-state index in [0.29, 0.717) is 0 Å². The molecule has 1 aromatic carbocycles. The van der Waals surface area contributed by atoms with E-state index in [1.54, 1.807) is 12.1 Å². The third-order valence-corrected chi connectivity index (χ3v) is 7.47. The average molecular weight is 381 g/mol. The molecule has 0 spiro atoms. The molecule has 0 unspecified atom stereocenters. The van der Waals surface area contributed by atoms with E-state index in [4.69, 9.17) is 11.6 Å². The molecule has 0 aliphatic carbocycles. The Balaban J connectivity index is 1.84. The van der Waals surface area contributed by atoms with Crippen molar-refractivity contribution in [2.75, 3.05) is 11.5 Å². The minimum atomic E-state index is -0.389. The van der Waals surface area contributed by atoms with Crippen molar-refractivity contribution in [2.24, 2.45) is 0 Å². The normalized spacial score (nSPS) is 21.2. The summed E-state index contributed by atoms with van der Waals surface area (Å²) in [7, 11) is 0. The summed E-state index contributed by atoms with van der Waals surface area (Å²) in [5, 5.41) is 15.2. The van der Waals surface area contributed by atoms with Crippen molar-refractivity contribution < 1.29 is 4.92 Å². The molecule has 126 valence electrons. The molecule has 0 amide bonds. The van der Waals surface area contributed by atoms with Crippen LogP contribution in [0.3, 0.4) is 0 Å². The standard InChI is InChI=1S/C17H17ClN2O2S2/c18-11-6-5-10(9-14(11)20(21)22)15-16-12(3-1-7-23-16)19-13-4-2-8-24-17(13)15/h5-6,9,15,19H,1-4,7-8H2. The fourth-order valence-electron chi connectivity index (χ4n) is 3.50. The Hall–Kier alpha value is -1.11. The molecule has 0 atom stereocenters. The number of dihydropyridines is 1. The second-order valence-electron chi connectivity index (χ2n) is 6.12. The van der Waals surface area contributed by atoms with Crippen LogP contribution in [0.5, 0.6) is 0 Å². The third kappa shape index (κ3) is 2.85. The number of rotatable bonds is 2. The monoisotopic (exact) mass is 380 g/mol. The largest absolute Gasteiger partial charge is 0.361 e. The van der Waals surface area contributed by atoms with Crippen LogP contribution < -0.4 is 5.32 Å². The molecule has 3 aliphatic heterocycles. The number of hydrogen-bond donors (Lipinski definition) is 1. The molecule has 1 N–H and O–H groups in total. The van der Waals surface area contributed by atoms with Gasteiger partial charge in [-0.1, -0.05) is 17.7 Å². The van der Waals surface area contributed by atoms with E-state index in [-0.39, 0.29) is 21.6 Å². The minimum absolute atomic E-state index is 0.00128. The summed E-state index contributed by atoms with van der Waals surface area (Å²) < 4.78 is 0. The van der Waals surface area contributed by atoms with Gasteiger partial charge in [0, 0.05) is 33.2 Å². The zero-order valence-corrected chi connectivity index (χ0v) is 15.4. The van der Waals surface area contributed by atoms with E-state index >= 15 is 0 Å². The van der Waals surface area contributed by atoms with Crippen LogP contribution in [0.4, 0.5) is 5.69 Å². The quantitative estimate of drug-likeness (QED) is 0.549. The Morgan fingerprint density at radius 3 is 2.33 bits per heavy atom. The molecule has 7 heteroatoms. The van der Waals surface area contributed by atoms with E-state index in [1.165, 1.54) is 34.0 Å². The van der Waals surface area contributed by atoms with Crippen LogP contribution in [-0.2, 0) is 0 Å². The van der Waals surface area contributed by atoms with Gasteiger partial charge in [0.2, 0.25) is 0 Å². The molecule has 0 radical (unpaired) electrons. The van der Waals surface area contributed by atoms with Gasteiger partial charge in [0.05, 0.1) is 4.92 Å². The smallest absolute Gasteiger partial charge is 0.288 e. The van der Waals surface area contributed by atoms with Crippen LogP contribution >= 0.6 is 35.1 Å². The Kier molecular flexibility index (Phi) is 4.54. The van der Waals surface area contributed by atoms with Crippen molar-refractivity contribution >= 4 is 40.8 Å². The van der Waals surface area contributed by atoms with Crippen LogP contribution in [0.15, 0.2) is 39.4 Å². The summed E-state index contributed by atoms with van der Waals surface area (Å²) in [6, 6.07) is 5.28. The maximum Gasteiger partial charge on any atom is 0.288 e. The maximum atomic E-state index is 11.3. The number of nitrogens with zero attached hydrogens (tertiary/aromatic N) is 1. The molecule has 3 heterocycles. The highest BCUT2D eigenvalue weighted by Crippen LogP contribution is 2.52. The zero-order valence-electron chi connectivity index (χ0n) is 13.0. The van der Waals surface area contributed by atoms with E-state index in [9.17, 15) is 10.1 Å². The summed E-state index contributed by atoms with van der Waals surface area (Å²) in [5.41, 5.74) is 3.61. The minimum Gasteiger partial charge on any atom is -0.361 e. The molecule has 0 bridgehead atoms. The van der Waals surface area contributed by atoms with Crippen LogP contribution in [0, 0.1) is 10.1 Å². The van der Waals surface area contributed by atoms with Gasteiger partial charge in [0.15, 0.2) is 0 Å². The van der Waals surface area contributed by atoms with E-state index in [1.807, 2.05) is 29.6 Å². The first kappa shape index (κ1) is 16.4. The Morgan fingerprint density at radius 1 is 1.12 bits per heavy atom. The molecule has 0 fully saturated rings. The first-order valence-electron chi connectivity index (χ1n) is 8.07. The molecular formula is C17H17ClN2O2S2. The predicted molar refractivity (Wildman–Crippen MR) is 101 cm³/mol. The number of allylic oxidation sites excluding steroid dienone is 4. The van der Waals surface area contributed by atoms with Crippen molar-refractivity contribution in [3.63, 3.8) is 0 Å². The van der Waals surface area contributed by atoms with Gasteiger partial charge in [0.1, 0.15) is 5.02 Å². The molecule has 0 saturated carbocycles. The molecule has 4 nitrogen and oxygen atoms in total. The van der Waals surface area contributed by atoms with Crippen LogP contribution in [-0.4, -0.2) is 16.4 Å². The lowest BCUT2D eigenvalue weighted by molar-refractivity contribution is -0.384. The fourth-order valence-corrected chi connectivity index (χ4v) is 6.27. The van der Waals surface area contributed by atoms with Crippen LogP contribution in [0.25, 0.3) is 0 Å². The number of nitro benzene ring substituents is 1. The number of hydrogen-bond acceptors (Lipinski definition) is 5. The van der Waals surface area contributed by atoms with Crippen molar-refractivity contribution in [1.29, 1.82) is 0 Å². The molecule has 1 aromatic rings. The lowest BCUT2D eigenvalue weighted by atomic mass is 9.91. The number of nitro groups is 1. The lowest BCUT2D eigenvalue weighted by Gasteiger charge is -2.37. The summed E-state index contributed by atoms with van der Waals surface area (Å²) in [6.45, 7) is 0. The van der Waals surface area contributed by atoms with Gasteiger partial charge >= 0.3 is 0 Å². The first-order valence-corrected chi connectivity index (χ1v) is 10.4. The summed E-state index contributed by atoms with van der Waals surface area (Å²) in [6.07, 6.45) is 4.49. The third-order valence-electron chi connectivity index (χ3n) is 4.58. The highest BCUT2D eigenvalue weighted by molar-refractivity contribution is 8.04. The van der Waals surface area contributed by atoms with E-state index in [0.717, 1.165) is 29.9 Å². The number of thioether (sulfide) groups is 2. The summed E-state index contributed by atoms with van der Waals surface area (Å²) >= 11 is 9.80. The van der Waals surface area contributed by atoms with E-state index in [2.05, 4.69) is 5.32 Å². The SMILES string of the molecule is O=[N+]([O-])c1cc(C2C3=C(CCCS3)NC3=C2SCCC3)ccc1Cl.